The summed E-state index contributed by atoms with van der Waals surface area (Å²) in [6.45, 7) is 1.06. The van der Waals surface area contributed by atoms with E-state index in [0.717, 1.165) is 0 Å². The van der Waals surface area contributed by atoms with Gasteiger partial charge in [0, 0.05) is 5.69 Å². The molecule has 86 valence electrons. The highest BCUT2D eigenvalue weighted by Gasteiger charge is 2.19. The summed E-state index contributed by atoms with van der Waals surface area (Å²) in [4.78, 5) is 26.0. The van der Waals surface area contributed by atoms with E-state index in [9.17, 15) is 9.59 Å². The van der Waals surface area contributed by atoms with E-state index in [1.54, 1.807) is 19.1 Å². The number of aliphatic hydroxyl groups excluding tert-OH is 1. The molecule has 0 radical (unpaired) electrons. The number of hydrogen-bond donors (Lipinski definition) is 3. The second-order valence-corrected chi connectivity index (χ2v) is 3.21. The topological polar surface area (TPSA) is 99.5 Å². The summed E-state index contributed by atoms with van der Waals surface area (Å²) >= 11 is 0. The van der Waals surface area contributed by atoms with Crippen molar-refractivity contribution in [2.75, 3.05) is 6.61 Å². The van der Waals surface area contributed by atoms with Gasteiger partial charge in [-0.15, -0.1) is 0 Å². The van der Waals surface area contributed by atoms with E-state index in [-0.39, 0.29) is 5.69 Å². The molecule has 0 bridgehead atoms. The zero-order valence-corrected chi connectivity index (χ0v) is 8.67. The minimum atomic E-state index is -1.31. The monoisotopic (exact) mass is 224 g/mol. The van der Waals surface area contributed by atoms with E-state index in [0.29, 0.717) is 5.69 Å². The molecule has 1 amide bonds. The second-order valence-electron chi connectivity index (χ2n) is 3.21. The number of carbonyl (C=O) groups excluding carboxylic acids is 1. The number of rotatable bonds is 4. The van der Waals surface area contributed by atoms with Gasteiger partial charge in [-0.2, -0.15) is 0 Å². The maximum atomic E-state index is 11.5. The molecule has 6 nitrogen and oxygen atoms in total. The first-order valence-electron chi connectivity index (χ1n) is 4.62. The minimum Gasteiger partial charge on any atom is -0.480 e. The normalized spacial score (nSPS) is 11.9. The first-order valence-corrected chi connectivity index (χ1v) is 4.62. The van der Waals surface area contributed by atoms with Crippen molar-refractivity contribution in [1.82, 2.24) is 10.3 Å². The van der Waals surface area contributed by atoms with Gasteiger partial charge >= 0.3 is 5.97 Å². The van der Waals surface area contributed by atoms with Crippen molar-refractivity contribution in [3.8, 4) is 0 Å². The van der Waals surface area contributed by atoms with Gasteiger partial charge in [0.15, 0.2) is 6.04 Å². The van der Waals surface area contributed by atoms with Crippen LogP contribution < -0.4 is 5.32 Å². The third kappa shape index (κ3) is 3.03. The molecular formula is C10H12N2O4. The van der Waals surface area contributed by atoms with Crippen LogP contribution >= 0.6 is 0 Å². The Morgan fingerprint density at radius 2 is 2.19 bits per heavy atom. The fourth-order valence-electron chi connectivity index (χ4n) is 1.09. The van der Waals surface area contributed by atoms with Crippen LogP contribution in [0.25, 0.3) is 0 Å². The molecule has 0 aliphatic carbocycles. The molecule has 1 atom stereocenters. The molecule has 0 fully saturated rings. The predicted octanol–water partition coefficient (Wildman–Crippen LogP) is -0.435. The smallest absolute Gasteiger partial charge is 0.328 e. The number of nitrogens with one attached hydrogen (secondary N) is 1. The molecule has 0 aliphatic heterocycles. The van der Waals surface area contributed by atoms with Crippen LogP contribution in [0, 0.1) is 6.92 Å². The van der Waals surface area contributed by atoms with Gasteiger partial charge in [-0.3, -0.25) is 4.79 Å². The summed E-state index contributed by atoms with van der Waals surface area (Å²) in [5.41, 5.74) is 0.781. The highest BCUT2D eigenvalue weighted by Crippen LogP contribution is 1.98. The van der Waals surface area contributed by atoms with Crippen LogP contribution in [0.1, 0.15) is 16.2 Å². The number of aliphatic carboxylic acids is 1. The third-order valence-corrected chi connectivity index (χ3v) is 1.91. The molecule has 16 heavy (non-hydrogen) atoms. The van der Waals surface area contributed by atoms with Gasteiger partial charge in [-0.1, -0.05) is 6.07 Å². The van der Waals surface area contributed by atoms with Crippen molar-refractivity contribution in [1.29, 1.82) is 0 Å². The first-order chi connectivity index (χ1) is 7.54. The van der Waals surface area contributed by atoms with Gasteiger partial charge in [-0.25, -0.2) is 9.78 Å². The van der Waals surface area contributed by atoms with E-state index < -0.39 is 24.5 Å². The number of hydrogen-bond acceptors (Lipinski definition) is 4. The zero-order valence-electron chi connectivity index (χ0n) is 8.67. The van der Waals surface area contributed by atoms with Gasteiger partial charge in [0.05, 0.1) is 6.61 Å². The molecule has 1 aromatic rings. The van der Waals surface area contributed by atoms with Crippen molar-refractivity contribution in [3.63, 3.8) is 0 Å². The molecule has 0 saturated carbocycles. The lowest BCUT2D eigenvalue weighted by atomic mass is 10.2. The van der Waals surface area contributed by atoms with E-state index in [1.165, 1.54) is 6.07 Å². The van der Waals surface area contributed by atoms with Gasteiger partial charge in [0.1, 0.15) is 5.69 Å². The maximum Gasteiger partial charge on any atom is 0.328 e. The van der Waals surface area contributed by atoms with Crippen LogP contribution in [0.2, 0.25) is 0 Å². The summed E-state index contributed by atoms with van der Waals surface area (Å²) in [7, 11) is 0. The molecule has 0 aromatic carbocycles. The lowest BCUT2D eigenvalue weighted by Crippen LogP contribution is -2.43. The predicted molar refractivity (Wildman–Crippen MR) is 54.9 cm³/mol. The average Bonchev–Trinajstić information content (AvgIpc) is 2.25. The van der Waals surface area contributed by atoms with Crippen LogP contribution in [0.5, 0.6) is 0 Å². The molecular weight excluding hydrogens is 212 g/mol. The Balaban J connectivity index is 2.75. The van der Waals surface area contributed by atoms with Gasteiger partial charge in [-0.05, 0) is 19.1 Å². The van der Waals surface area contributed by atoms with Crippen LogP contribution in [0.15, 0.2) is 18.2 Å². The Bertz CT molecular complexity index is 406. The number of amides is 1. The number of aliphatic hydroxyl groups is 1. The van der Waals surface area contributed by atoms with Crippen molar-refractivity contribution in [2.24, 2.45) is 0 Å². The van der Waals surface area contributed by atoms with Gasteiger partial charge in [0.25, 0.3) is 5.91 Å². The van der Waals surface area contributed by atoms with Crippen molar-refractivity contribution < 1.29 is 19.8 Å². The number of carboxylic acid groups (broad SMARTS) is 1. The Hall–Kier alpha value is -1.95. The maximum absolute atomic E-state index is 11.5. The summed E-state index contributed by atoms with van der Waals surface area (Å²) in [5.74, 6) is -1.91. The molecule has 0 aliphatic rings. The molecule has 1 rings (SSSR count). The Kier molecular flexibility index (Phi) is 3.96. The Labute approximate surface area is 91.9 Å². The number of aromatic nitrogens is 1. The summed E-state index contributed by atoms with van der Waals surface area (Å²) < 4.78 is 0. The number of nitrogens with zero attached hydrogens (tertiary/aromatic N) is 1. The first kappa shape index (κ1) is 12.1. The van der Waals surface area contributed by atoms with Crippen LogP contribution in [-0.2, 0) is 4.79 Å². The van der Waals surface area contributed by atoms with Crippen LogP contribution in [0.4, 0.5) is 0 Å². The molecule has 3 N–H and O–H groups in total. The quantitative estimate of drug-likeness (QED) is 0.644. The Morgan fingerprint density at radius 1 is 1.50 bits per heavy atom. The summed E-state index contributed by atoms with van der Waals surface area (Å²) in [6, 6.07) is 3.53. The standard InChI is InChI=1S/C10H12N2O4/c1-6-3-2-4-7(11-6)9(14)12-8(5-13)10(15)16/h2-4,8,13H,5H2,1H3,(H,12,14)(H,15,16)/t8-/m0/s1. The van der Waals surface area contributed by atoms with Crippen molar-refractivity contribution in [2.45, 2.75) is 13.0 Å². The van der Waals surface area contributed by atoms with Gasteiger partial charge in [0.2, 0.25) is 0 Å². The fraction of sp³-hybridized carbons (Fsp3) is 0.300. The zero-order chi connectivity index (χ0) is 12.1. The molecule has 6 heteroatoms. The molecule has 0 spiro atoms. The van der Waals surface area contributed by atoms with E-state index in [4.69, 9.17) is 10.2 Å². The minimum absolute atomic E-state index is 0.125. The number of aryl methyl sites for hydroxylation is 1. The van der Waals surface area contributed by atoms with E-state index in [2.05, 4.69) is 10.3 Å². The lowest BCUT2D eigenvalue weighted by Gasteiger charge is -2.11. The number of carboxylic acids is 1. The largest absolute Gasteiger partial charge is 0.480 e. The van der Waals surface area contributed by atoms with E-state index in [1.807, 2.05) is 0 Å². The van der Waals surface area contributed by atoms with Gasteiger partial charge < -0.3 is 15.5 Å². The summed E-state index contributed by atoms with van der Waals surface area (Å²) in [6.07, 6.45) is 0. The SMILES string of the molecule is Cc1cccc(C(=O)N[C@@H](CO)C(=O)O)n1. The number of carbonyl (C=O) groups is 2. The Morgan fingerprint density at radius 3 is 2.69 bits per heavy atom. The molecule has 0 unspecified atom stereocenters. The second kappa shape index (κ2) is 5.22. The fourth-order valence-corrected chi connectivity index (χ4v) is 1.09. The van der Waals surface area contributed by atoms with Crippen LogP contribution in [-0.4, -0.2) is 39.7 Å². The summed E-state index contributed by atoms with van der Waals surface area (Å²) in [5, 5.41) is 19.5. The highest BCUT2D eigenvalue weighted by molar-refractivity contribution is 5.94. The number of pyridine rings is 1. The van der Waals surface area contributed by atoms with Crippen LogP contribution in [0.3, 0.4) is 0 Å². The lowest BCUT2D eigenvalue weighted by molar-refractivity contribution is -0.140. The highest BCUT2D eigenvalue weighted by atomic mass is 16.4. The van der Waals surface area contributed by atoms with E-state index >= 15 is 0 Å². The van der Waals surface area contributed by atoms with Crippen molar-refractivity contribution in [3.05, 3.63) is 29.6 Å². The average molecular weight is 224 g/mol. The molecule has 1 heterocycles. The molecule has 0 saturated heterocycles. The van der Waals surface area contributed by atoms with Crippen molar-refractivity contribution >= 4 is 11.9 Å². The third-order valence-electron chi connectivity index (χ3n) is 1.91. The molecule has 1 aromatic heterocycles.